The summed E-state index contributed by atoms with van der Waals surface area (Å²) in [5.74, 6) is 1.87. The van der Waals surface area contributed by atoms with Crippen molar-refractivity contribution in [2.45, 2.75) is 65.4 Å². The molecule has 150 valence electrons. The first-order valence-corrected chi connectivity index (χ1v) is 10.8. The van der Waals surface area contributed by atoms with Crippen LogP contribution < -0.4 is 0 Å². The number of allylic oxidation sites excluding steroid dienone is 4. The molecule has 0 unspecified atom stereocenters. The molecule has 5 aliphatic carbocycles. The smallest absolute Gasteiger partial charge is 0.303 e. The average Bonchev–Trinajstić information content (AvgIpc) is 3.37. The lowest BCUT2D eigenvalue weighted by atomic mass is 9.47. The van der Waals surface area contributed by atoms with E-state index < -0.39 is 5.60 Å². The highest BCUT2D eigenvalue weighted by molar-refractivity contribution is 5.97. The van der Waals surface area contributed by atoms with Crippen LogP contribution in [0.25, 0.3) is 0 Å². The number of ketones is 2. The van der Waals surface area contributed by atoms with Gasteiger partial charge in [-0.2, -0.15) is 0 Å². The summed E-state index contributed by atoms with van der Waals surface area (Å²) in [7, 11) is 0. The molecule has 0 aromatic rings. The molecule has 0 spiro atoms. The van der Waals surface area contributed by atoms with Crippen molar-refractivity contribution in [2.24, 2.45) is 40.4 Å². The minimum atomic E-state index is -0.982. The summed E-state index contributed by atoms with van der Waals surface area (Å²) in [5, 5.41) is 0. The van der Waals surface area contributed by atoms with Gasteiger partial charge in [0.15, 0.2) is 17.2 Å². The zero-order chi connectivity index (χ0) is 20.1. The van der Waals surface area contributed by atoms with Crippen LogP contribution in [0.2, 0.25) is 0 Å². The van der Waals surface area contributed by atoms with Crippen molar-refractivity contribution in [3.8, 4) is 0 Å². The molecule has 0 bridgehead atoms. The van der Waals surface area contributed by atoms with Gasteiger partial charge in [0.2, 0.25) is 0 Å². The second-order valence-electron chi connectivity index (χ2n) is 10.4. The van der Waals surface area contributed by atoms with Crippen molar-refractivity contribution < 1.29 is 19.1 Å². The third-order valence-electron chi connectivity index (χ3n) is 9.45. The Labute approximate surface area is 166 Å². The quantitative estimate of drug-likeness (QED) is 0.676. The minimum absolute atomic E-state index is 0.0109. The molecule has 5 aliphatic rings. The fourth-order valence-electron chi connectivity index (χ4n) is 7.96. The molecule has 0 radical (unpaired) electrons. The van der Waals surface area contributed by atoms with Gasteiger partial charge in [0.1, 0.15) is 0 Å². The topological polar surface area (TPSA) is 60.4 Å². The zero-order valence-electron chi connectivity index (χ0n) is 17.3. The highest BCUT2D eigenvalue weighted by Crippen LogP contribution is 2.71. The summed E-state index contributed by atoms with van der Waals surface area (Å²) in [6.07, 6.45) is 10.9. The Kier molecular flexibility index (Phi) is 3.57. The van der Waals surface area contributed by atoms with E-state index in [0.29, 0.717) is 35.9 Å². The van der Waals surface area contributed by atoms with Gasteiger partial charge in [-0.1, -0.05) is 26.0 Å². The van der Waals surface area contributed by atoms with Crippen molar-refractivity contribution in [1.82, 2.24) is 0 Å². The molecule has 0 saturated heterocycles. The number of Topliss-reactive ketones (excluding diaryl/α,β-unsaturated/α-hetero) is 1. The van der Waals surface area contributed by atoms with Gasteiger partial charge in [-0.3, -0.25) is 14.4 Å². The standard InChI is InChI=1S/C24H30O4/c1-13(25)24(28-14(2)26)10-8-18-16-6-5-15-11-21(27)17-12-20(17)23(15,4)19(16)7-9-22(18,24)3/h5-6,11,16-20H,7-10,12H2,1-4H3/t16-,17+,18-,19+,20-,22-,23-,24-/m0/s1. The van der Waals surface area contributed by atoms with Crippen LogP contribution in [0.3, 0.4) is 0 Å². The molecular formula is C24H30O4. The Hall–Kier alpha value is -1.71. The molecule has 0 amide bonds. The van der Waals surface area contributed by atoms with Crippen LogP contribution in [-0.4, -0.2) is 23.1 Å². The Balaban J connectivity index is 1.56. The zero-order valence-corrected chi connectivity index (χ0v) is 17.3. The third-order valence-corrected chi connectivity index (χ3v) is 9.45. The molecule has 0 aliphatic heterocycles. The van der Waals surface area contributed by atoms with Gasteiger partial charge in [0, 0.05) is 18.3 Å². The minimum Gasteiger partial charge on any atom is -0.451 e. The number of hydrogen-bond acceptors (Lipinski definition) is 4. The van der Waals surface area contributed by atoms with Crippen LogP contribution >= 0.6 is 0 Å². The fourth-order valence-corrected chi connectivity index (χ4v) is 7.96. The predicted octanol–water partition coefficient (Wildman–Crippen LogP) is 4.04. The molecule has 8 atom stereocenters. The van der Waals surface area contributed by atoms with E-state index in [-0.39, 0.29) is 28.5 Å². The summed E-state index contributed by atoms with van der Waals surface area (Å²) in [4.78, 5) is 37.0. The number of carbonyl (C=O) groups is 3. The highest BCUT2D eigenvalue weighted by atomic mass is 16.6. The van der Waals surface area contributed by atoms with Gasteiger partial charge in [-0.05, 0) is 79.8 Å². The highest BCUT2D eigenvalue weighted by Gasteiger charge is 2.69. The molecule has 0 aromatic carbocycles. The van der Waals surface area contributed by atoms with E-state index in [9.17, 15) is 14.4 Å². The average molecular weight is 383 g/mol. The molecule has 4 heteroatoms. The summed E-state index contributed by atoms with van der Waals surface area (Å²) < 4.78 is 5.82. The molecule has 28 heavy (non-hydrogen) atoms. The summed E-state index contributed by atoms with van der Waals surface area (Å²) in [5.41, 5.74) is -0.00957. The lowest BCUT2D eigenvalue weighted by Gasteiger charge is -2.57. The van der Waals surface area contributed by atoms with Gasteiger partial charge >= 0.3 is 5.97 Å². The summed E-state index contributed by atoms with van der Waals surface area (Å²) >= 11 is 0. The van der Waals surface area contributed by atoms with E-state index in [2.05, 4.69) is 26.0 Å². The van der Waals surface area contributed by atoms with Gasteiger partial charge < -0.3 is 4.74 Å². The first kappa shape index (κ1) is 18.3. The fraction of sp³-hybridized carbons (Fsp3) is 0.708. The summed E-state index contributed by atoms with van der Waals surface area (Å²) in [6, 6.07) is 0. The van der Waals surface area contributed by atoms with E-state index in [1.165, 1.54) is 12.5 Å². The van der Waals surface area contributed by atoms with E-state index in [1.807, 2.05) is 6.08 Å². The van der Waals surface area contributed by atoms with E-state index in [4.69, 9.17) is 4.74 Å². The number of hydrogen-bond donors (Lipinski definition) is 0. The maximum atomic E-state index is 12.8. The molecule has 4 nitrogen and oxygen atoms in total. The lowest BCUT2D eigenvalue weighted by Crippen LogP contribution is -2.58. The first-order valence-electron chi connectivity index (χ1n) is 10.8. The molecule has 5 rings (SSSR count). The second-order valence-corrected chi connectivity index (χ2v) is 10.4. The number of esters is 1. The van der Waals surface area contributed by atoms with Gasteiger partial charge in [-0.15, -0.1) is 0 Å². The van der Waals surface area contributed by atoms with Crippen LogP contribution in [0.1, 0.15) is 59.8 Å². The number of rotatable bonds is 2. The lowest BCUT2D eigenvalue weighted by molar-refractivity contribution is -0.185. The Morgan fingerprint density at radius 1 is 1.07 bits per heavy atom. The largest absolute Gasteiger partial charge is 0.451 e. The van der Waals surface area contributed by atoms with Crippen molar-refractivity contribution in [3.05, 3.63) is 23.8 Å². The molecular weight excluding hydrogens is 352 g/mol. The van der Waals surface area contributed by atoms with E-state index in [1.54, 1.807) is 6.92 Å². The maximum absolute atomic E-state index is 12.8. The van der Waals surface area contributed by atoms with Gasteiger partial charge in [0.05, 0.1) is 0 Å². The Bertz CT molecular complexity index is 853. The Morgan fingerprint density at radius 2 is 1.79 bits per heavy atom. The van der Waals surface area contributed by atoms with Crippen LogP contribution in [-0.2, 0) is 19.1 Å². The van der Waals surface area contributed by atoms with Crippen molar-refractivity contribution in [3.63, 3.8) is 0 Å². The third kappa shape index (κ3) is 1.99. The SMILES string of the molecule is CC(=O)O[C@]1(C(C)=O)CC[C@H]2[C@@H]3C=CC4=CC(=O)[C@@H]5C[C@@H]5[C@]4(C)[C@@H]3CC[C@@]21C. The first-order chi connectivity index (χ1) is 13.1. The van der Waals surface area contributed by atoms with Gasteiger partial charge in [0.25, 0.3) is 0 Å². The summed E-state index contributed by atoms with van der Waals surface area (Å²) in [6.45, 7) is 7.55. The monoisotopic (exact) mass is 382 g/mol. The van der Waals surface area contributed by atoms with Crippen LogP contribution in [0, 0.1) is 40.4 Å². The molecule has 0 heterocycles. The molecule has 0 aromatic heterocycles. The van der Waals surface area contributed by atoms with Crippen molar-refractivity contribution in [2.75, 3.05) is 0 Å². The molecule has 0 N–H and O–H groups in total. The van der Waals surface area contributed by atoms with Crippen molar-refractivity contribution in [1.29, 1.82) is 0 Å². The number of ether oxygens (including phenoxy) is 1. The van der Waals surface area contributed by atoms with Gasteiger partial charge in [-0.25, -0.2) is 0 Å². The van der Waals surface area contributed by atoms with E-state index >= 15 is 0 Å². The second kappa shape index (κ2) is 5.46. The maximum Gasteiger partial charge on any atom is 0.303 e. The number of carbonyl (C=O) groups excluding carboxylic acids is 3. The van der Waals surface area contributed by atoms with Crippen LogP contribution in [0.4, 0.5) is 0 Å². The number of fused-ring (bicyclic) bond motifs is 7. The van der Waals surface area contributed by atoms with Crippen LogP contribution in [0.5, 0.6) is 0 Å². The van der Waals surface area contributed by atoms with E-state index in [0.717, 1.165) is 25.7 Å². The predicted molar refractivity (Wildman–Crippen MR) is 104 cm³/mol. The Morgan fingerprint density at radius 3 is 2.46 bits per heavy atom. The molecule has 3 fully saturated rings. The van der Waals surface area contributed by atoms with Crippen LogP contribution in [0.15, 0.2) is 23.8 Å². The normalized spacial score (nSPS) is 50.6. The van der Waals surface area contributed by atoms with Crippen molar-refractivity contribution >= 4 is 17.5 Å². The molecule has 3 saturated carbocycles.